The Morgan fingerprint density at radius 2 is 1.53 bits per heavy atom. The molecule has 34 heavy (non-hydrogen) atoms. The van der Waals surface area contributed by atoms with Crippen LogP contribution in [0.1, 0.15) is 58.8 Å². The number of amides is 3. The first-order chi connectivity index (χ1) is 15.8. The lowest BCUT2D eigenvalue weighted by Crippen LogP contribution is -2.57. The van der Waals surface area contributed by atoms with Crippen molar-refractivity contribution in [2.75, 3.05) is 6.54 Å². The van der Waals surface area contributed by atoms with Crippen LogP contribution in [-0.4, -0.2) is 86.6 Å². The minimum Gasteiger partial charge on any atom is -0.481 e. The Morgan fingerprint density at radius 1 is 0.941 bits per heavy atom. The zero-order chi connectivity index (χ0) is 26.0. The molecule has 0 aliphatic carbocycles. The smallest absolute Gasteiger partial charge is 0.326 e. The van der Waals surface area contributed by atoms with Gasteiger partial charge >= 0.3 is 17.9 Å². The van der Waals surface area contributed by atoms with Crippen LogP contribution in [0.3, 0.4) is 0 Å². The number of nitrogens with two attached hydrogens (primary N) is 1. The second-order valence-electron chi connectivity index (χ2n) is 8.75. The van der Waals surface area contributed by atoms with Gasteiger partial charge in [-0.3, -0.25) is 24.0 Å². The zero-order valence-corrected chi connectivity index (χ0v) is 19.4. The summed E-state index contributed by atoms with van der Waals surface area (Å²) in [4.78, 5) is 72.8. The van der Waals surface area contributed by atoms with E-state index in [1.165, 1.54) is 4.90 Å². The lowest BCUT2D eigenvalue weighted by atomic mass is 10.0. The normalized spacial score (nSPS) is 18.1. The monoisotopic (exact) mass is 486 g/mol. The molecule has 0 bridgehead atoms. The second-order valence-corrected chi connectivity index (χ2v) is 8.75. The van der Waals surface area contributed by atoms with Crippen molar-refractivity contribution in [3.8, 4) is 0 Å². The Bertz CT molecular complexity index is 786. The molecule has 1 heterocycles. The maximum atomic E-state index is 13.2. The van der Waals surface area contributed by atoms with Crippen LogP contribution < -0.4 is 16.4 Å². The minimum absolute atomic E-state index is 0.00339. The predicted molar refractivity (Wildman–Crippen MR) is 117 cm³/mol. The van der Waals surface area contributed by atoms with Gasteiger partial charge in [-0.05, 0) is 38.0 Å². The number of carboxylic acids is 3. The Morgan fingerprint density at radius 3 is 2.06 bits per heavy atom. The van der Waals surface area contributed by atoms with E-state index in [0.29, 0.717) is 6.42 Å². The Kier molecular flexibility index (Phi) is 11.4. The molecule has 13 nitrogen and oxygen atoms in total. The van der Waals surface area contributed by atoms with Crippen molar-refractivity contribution in [3.63, 3.8) is 0 Å². The maximum absolute atomic E-state index is 13.2. The van der Waals surface area contributed by atoms with Gasteiger partial charge in [-0.2, -0.15) is 0 Å². The Hall–Kier alpha value is -3.22. The highest BCUT2D eigenvalue weighted by atomic mass is 16.4. The summed E-state index contributed by atoms with van der Waals surface area (Å²) in [7, 11) is 0. The molecule has 4 unspecified atom stereocenters. The molecule has 0 radical (unpaired) electrons. The van der Waals surface area contributed by atoms with E-state index in [1.807, 2.05) is 13.8 Å². The number of aliphatic carboxylic acids is 3. The van der Waals surface area contributed by atoms with Gasteiger partial charge in [0, 0.05) is 19.4 Å². The number of carbonyl (C=O) groups excluding carboxylic acids is 3. The van der Waals surface area contributed by atoms with Gasteiger partial charge < -0.3 is 36.6 Å². The zero-order valence-electron chi connectivity index (χ0n) is 19.4. The first-order valence-corrected chi connectivity index (χ1v) is 11.2. The van der Waals surface area contributed by atoms with Crippen LogP contribution >= 0.6 is 0 Å². The third kappa shape index (κ3) is 9.33. The van der Waals surface area contributed by atoms with Gasteiger partial charge in [-0.15, -0.1) is 0 Å². The standard InChI is InChI=1S/C21H34N4O9/c1-11(2)10-14(21(33)34)24-19(31)15-4-3-9-25(15)20(32)13(6-8-17(28)29)23-18(30)12(22)5-7-16(26)27/h11-15H,3-10,22H2,1-2H3,(H,23,30)(H,24,31)(H,26,27)(H,28,29)(H,33,34). The van der Waals surface area contributed by atoms with Crippen molar-refractivity contribution in [1.29, 1.82) is 0 Å². The highest BCUT2D eigenvalue weighted by molar-refractivity contribution is 5.94. The minimum atomic E-state index is -1.29. The lowest BCUT2D eigenvalue weighted by Gasteiger charge is -2.30. The van der Waals surface area contributed by atoms with Crippen molar-refractivity contribution in [2.45, 2.75) is 83.0 Å². The summed E-state index contributed by atoms with van der Waals surface area (Å²) >= 11 is 0. The molecule has 1 aliphatic rings. The van der Waals surface area contributed by atoms with Crippen molar-refractivity contribution in [2.24, 2.45) is 11.7 Å². The van der Waals surface area contributed by atoms with Crippen LogP contribution in [0.5, 0.6) is 0 Å². The van der Waals surface area contributed by atoms with E-state index in [9.17, 15) is 33.9 Å². The van der Waals surface area contributed by atoms with Gasteiger partial charge in [0.1, 0.15) is 18.1 Å². The molecular weight excluding hydrogens is 452 g/mol. The first kappa shape index (κ1) is 28.8. The van der Waals surface area contributed by atoms with E-state index >= 15 is 0 Å². The van der Waals surface area contributed by atoms with E-state index in [0.717, 1.165) is 0 Å². The Balaban J connectivity index is 2.96. The number of hydrogen-bond donors (Lipinski definition) is 6. The van der Waals surface area contributed by atoms with Crippen LogP contribution in [0.2, 0.25) is 0 Å². The molecule has 3 amide bonds. The van der Waals surface area contributed by atoms with Crippen LogP contribution in [-0.2, 0) is 28.8 Å². The predicted octanol–water partition coefficient (Wildman–Crippen LogP) is -0.865. The lowest BCUT2D eigenvalue weighted by molar-refractivity contribution is -0.145. The fourth-order valence-electron chi connectivity index (χ4n) is 3.68. The van der Waals surface area contributed by atoms with E-state index in [-0.39, 0.29) is 44.6 Å². The highest BCUT2D eigenvalue weighted by Crippen LogP contribution is 2.20. The SMILES string of the molecule is CC(C)CC(NC(=O)C1CCCN1C(=O)C(CCC(=O)O)NC(=O)C(N)CCC(=O)O)C(=O)O. The average molecular weight is 487 g/mol. The molecule has 0 aromatic heterocycles. The summed E-state index contributed by atoms with van der Waals surface area (Å²) in [6, 6.07) is -4.61. The van der Waals surface area contributed by atoms with Gasteiger partial charge in [0.15, 0.2) is 0 Å². The van der Waals surface area contributed by atoms with Crippen LogP contribution in [0.4, 0.5) is 0 Å². The van der Waals surface area contributed by atoms with Crippen molar-refractivity contribution in [3.05, 3.63) is 0 Å². The summed E-state index contributed by atoms with van der Waals surface area (Å²) in [5.74, 6) is -5.67. The van der Waals surface area contributed by atoms with Crippen LogP contribution in [0.15, 0.2) is 0 Å². The molecular formula is C21H34N4O9. The molecule has 4 atom stereocenters. The second kappa shape index (κ2) is 13.5. The van der Waals surface area contributed by atoms with Crippen molar-refractivity contribution < 1.29 is 44.1 Å². The van der Waals surface area contributed by atoms with Gasteiger partial charge in [-0.1, -0.05) is 13.8 Å². The maximum Gasteiger partial charge on any atom is 0.326 e. The van der Waals surface area contributed by atoms with E-state index < -0.39 is 66.2 Å². The van der Waals surface area contributed by atoms with E-state index in [1.54, 1.807) is 0 Å². The van der Waals surface area contributed by atoms with Gasteiger partial charge in [0.2, 0.25) is 17.7 Å². The number of likely N-dealkylation sites (tertiary alicyclic amines) is 1. The molecule has 0 aromatic rings. The number of hydrogen-bond acceptors (Lipinski definition) is 7. The third-order valence-corrected chi connectivity index (χ3v) is 5.43. The molecule has 1 rings (SSSR count). The van der Waals surface area contributed by atoms with Crippen LogP contribution in [0.25, 0.3) is 0 Å². The first-order valence-electron chi connectivity index (χ1n) is 11.2. The third-order valence-electron chi connectivity index (χ3n) is 5.43. The fraction of sp³-hybridized carbons (Fsp3) is 0.714. The summed E-state index contributed by atoms with van der Waals surface area (Å²) in [5.41, 5.74) is 5.69. The van der Waals surface area contributed by atoms with E-state index in [4.69, 9.17) is 15.9 Å². The molecule has 1 aliphatic heterocycles. The molecule has 13 heteroatoms. The van der Waals surface area contributed by atoms with Crippen LogP contribution in [0, 0.1) is 5.92 Å². The molecule has 0 saturated carbocycles. The molecule has 1 fully saturated rings. The molecule has 1 saturated heterocycles. The number of carboxylic acid groups (broad SMARTS) is 3. The number of nitrogens with one attached hydrogen (secondary N) is 2. The molecule has 0 spiro atoms. The summed E-state index contributed by atoms with van der Waals surface area (Å²) < 4.78 is 0. The summed E-state index contributed by atoms with van der Waals surface area (Å²) in [5, 5.41) is 32.0. The molecule has 7 N–H and O–H groups in total. The van der Waals surface area contributed by atoms with Gasteiger partial charge in [0.25, 0.3) is 0 Å². The van der Waals surface area contributed by atoms with E-state index in [2.05, 4.69) is 10.6 Å². The van der Waals surface area contributed by atoms with Crippen molar-refractivity contribution in [1.82, 2.24) is 15.5 Å². The number of carbonyl (C=O) groups is 6. The fourth-order valence-corrected chi connectivity index (χ4v) is 3.68. The highest BCUT2D eigenvalue weighted by Gasteiger charge is 2.39. The largest absolute Gasteiger partial charge is 0.481 e. The number of rotatable bonds is 14. The van der Waals surface area contributed by atoms with Crippen molar-refractivity contribution >= 4 is 35.6 Å². The summed E-state index contributed by atoms with van der Waals surface area (Å²) in [6.45, 7) is 3.79. The molecule has 0 aromatic carbocycles. The summed E-state index contributed by atoms with van der Waals surface area (Å²) in [6.07, 6.45) is -0.303. The molecule has 192 valence electrons. The topological polar surface area (TPSA) is 216 Å². The van der Waals surface area contributed by atoms with Gasteiger partial charge in [0.05, 0.1) is 6.04 Å². The average Bonchev–Trinajstić information content (AvgIpc) is 3.23. The quantitative estimate of drug-likeness (QED) is 0.178. The van der Waals surface area contributed by atoms with Gasteiger partial charge in [-0.25, -0.2) is 4.79 Å². The Labute approximate surface area is 197 Å². The number of nitrogens with zero attached hydrogens (tertiary/aromatic N) is 1.